The third-order valence-electron chi connectivity index (χ3n) is 4.52. The topological polar surface area (TPSA) is 181 Å². The van der Waals surface area contributed by atoms with Gasteiger partial charge in [0.05, 0.1) is 0 Å². The molecule has 6 N–H and O–H groups in total. The molecule has 0 aliphatic rings. The average Bonchev–Trinajstić information content (AvgIpc) is 2.72. The Hall–Kier alpha value is -2.20. The number of nitrogens with zero attached hydrogens (tertiary/aromatic N) is 2. The minimum Gasteiger partial charge on any atom is -0.410 e. The Labute approximate surface area is 236 Å². The Bertz CT molecular complexity index is 676. The molecule has 0 bridgehead atoms. The van der Waals surface area contributed by atoms with Crippen LogP contribution in [0.4, 0.5) is 0 Å². The first-order chi connectivity index (χ1) is 17.6. The second-order valence-corrected chi connectivity index (χ2v) is 12.8. The van der Waals surface area contributed by atoms with Gasteiger partial charge >= 0.3 is 29.6 Å². The van der Waals surface area contributed by atoms with Crippen LogP contribution in [0.3, 0.4) is 0 Å². The Kier molecular flexibility index (Phi) is 22.7. The van der Waals surface area contributed by atoms with Crippen LogP contribution in [0.25, 0.3) is 0 Å². The lowest BCUT2D eigenvalue weighted by Crippen LogP contribution is -2.62. The lowest BCUT2D eigenvalue weighted by Gasteiger charge is -2.13. The summed E-state index contributed by atoms with van der Waals surface area (Å²) in [6, 6.07) is 0. The Morgan fingerprint density at radius 3 is 0.947 bits per heavy atom. The first kappa shape index (κ1) is 38.0. The third-order valence-corrected chi connectivity index (χ3v) is 8.52. The first-order valence-electron chi connectivity index (χ1n) is 12.6. The number of unbranched alkanes of at least 4 members (excludes halogenated alkanes) is 2. The van der Waals surface area contributed by atoms with Crippen LogP contribution < -0.4 is 25.8 Å². The van der Waals surface area contributed by atoms with Gasteiger partial charge in [0.2, 0.25) is 0 Å². The van der Waals surface area contributed by atoms with Gasteiger partial charge in [0.15, 0.2) is 35.4 Å². The van der Waals surface area contributed by atoms with Crippen LogP contribution in [0, 0.1) is 0 Å². The van der Waals surface area contributed by atoms with E-state index in [1.54, 1.807) is 0 Å². The minimum atomic E-state index is -2.29. The molecule has 0 spiro atoms. The van der Waals surface area contributed by atoms with Crippen LogP contribution in [0.15, 0.2) is 0 Å². The fourth-order valence-corrected chi connectivity index (χ4v) is 5.91. The predicted octanol–water partition coefficient (Wildman–Crippen LogP) is -1.82. The molecule has 0 aliphatic carbocycles. The number of carbonyl (C=O) groups is 6. The van der Waals surface area contributed by atoms with E-state index in [-0.39, 0.29) is 35.4 Å². The largest absolute Gasteiger partial charge is 0.740 e. The molecular weight excluding hydrogens is 526 g/mol. The summed E-state index contributed by atoms with van der Waals surface area (Å²) >= 11 is -4.58. The lowest BCUT2D eigenvalue weighted by molar-refractivity contribution is -0.121. The summed E-state index contributed by atoms with van der Waals surface area (Å²) in [5.41, 5.74) is 0. The fourth-order valence-electron chi connectivity index (χ4n) is 2.92. The molecule has 0 heterocycles. The van der Waals surface area contributed by atoms with Crippen molar-refractivity contribution in [3.05, 3.63) is 0 Å². The average molecular weight is 573 g/mol. The van der Waals surface area contributed by atoms with E-state index in [9.17, 15) is 28.8 Å². The van der Waals surface area contributed by atoms with Crippen LogP contribution in [0.2, 0.25) is 0 Å². The van der Waals surface area contributed by atoms with E-state index in [0.29, 0.717) is 12.8 Å². The molecule has 0 fully saturated rings. The standard InChI is InChI=1S/2C7H16N2O.4C2H5NO.2Al/c2*1-9(2)6-4-3-5-7(8)10;4*1-2(3)4;;/h2*3-6H2,1-2H3,(H2,8,10);4*1H3,(H2,3,4);;/q;;;;;;2*+3/p-6. The van der Waals surface area contributed by atoms with E-state index in [1.807, 2.05) is 28.2 Å². The molecule has 0 aromatic rings. The second-order valence-electron chi connectivity index (χ2n) is 9.32. The fraction of sp³-hybridized carbons (Fsp3) is 0.727. The first-order valence-corrected chi connectivity index (χ1v) is 16.0. The molecular formula is C22H46Al2N8O6. The molecule has 38 heavy (non-hydrogen) atoms. The molecule has 16 heteroatoms. The van der Waals surface area contributed by atoms with E-state index in [0.717, 1.165) is 38.8 Å². The highest BCUT2D eigenvalue weighted by atomic mass is 27.2. The van der Waals surface area contributed by atoms with E-state index in [4.69, 9.17) is 0 Å². The van der Waals surface area contributed by atoms with Crippen molar-refractivity contribution in [3.63, 3.8) is 0 Å². The predicted molar refractivity (Wildman–Crippen MR) is 148 cm³/mol. The third kappa shape index (κ3) is 28.4. The molecule has 0 atom stereocenters. The van der Waals surface area contributed by atoms with Crippen molar-refractivity contribution in [1.82, 2.24) is 35.6 Å². The van der Waals surface area contributed by atoms with Crippen molar-refractivity contribution in [2.24, 2.45) is 0 Å². The molecule has 6 amide bonds. The van der Waals surface area contributed by atoms with Crippen LogP contribution in [0.5, 0.6) is 0 Å². The van der Waals surface area contributed by atoms with Crippen molar-refractivity contribution < 1.29 is 28.8 Å². The van der Waals surface area contributed by atoms with Crippen LogP contribution in [0.1, 0.15) is 66.2 Å². The molecule has 216 valence electrons. The summed E-state index contributed by atoms with van der Waals surface area (Å²) in [7, 11) is 7.93. The van der Waals surface area contributed by atoms with Crippen molar-refractivity contribution in [3.8, 4) is 0 Å². The quantitative estimate of drug-likeness (QED) is 0.0924. The Morgan fingerprint density at radius 2 is 0.737 bits per heavy atom. The monoisotopic (exact) mass is 572 g/mol. The maximum Gasteiger partial charge on any atom is 0.740 e. The van der Waals surface area contributed by atoms with Gasteiger partial charge in [0, 0.05) is 40.5 Å². The van der Waals surface area contributed by atoms with E-state index in [2.05, 4.69) is 35.6 Å². The summed E-state index contributed by atoms with van der Waals surface area (Å²) in [4.78, 5) is 71.3. The number of nitrogens with one attached hydrogen (secondary N) is 6. The van der Waals surface area contributed by atoms with Crippen molar-refractivity contribution in [2.75, 3.05) is 41.3 Å². The summed E-state index contributed by atoms with van der Waals surface area (Å²) in [5, 5.41) is 0. The molecule has 0 aromatic carbocycles. The summed E-state index contributed by atoms with van der Waals surface area (Å²) in [6.45, 7) is 7.28. The van der Waals surface area contributed by atoms with Gasteiger partial charge in [-0.3, -0.25) is 28.8 Å². The van der Waals surface area contributed by atoms with Crippen molar-refractivity contribution in [1.29, 1.82) is 0 Å². The minimum absolute atomic E-state index is 0.141. The van der Waals surface area contributed by atoms with Crippen molar-refractivity contribution >= 4 is 65.1 Å². The van der Waals surface area contributed by atoms with Gasteiger partial charge in [0.25, 0.3) is 0 Å². The Morgan fingerprint density at radius 1 is 0.474 bits per heavy atom. The molecule has 0 saturated heterocycles. The zero-order valence-corrected chi connectivity index (χ0v) is 26.5. The highest BCUT2D eigenvalue weighted by molar-refractivity contribution is 6.59. The maximum atomic E-state index is 11.7. The van der Waals surface area contributed by atoms with Crippen LogP contribution in [-0.2, 0) is 28.8 Å². The molecule has 0 radical (unpaired) electrons. The smallest absolute Gasteiger partial charge is 0.410 e. The molecule has 0 aromatic heterocycles. The van der Waals surface area contributed by atoms with Gasteiger partial charge < -0.3 is 35.6 Å². The zero-order valence-electron chi connectivity index (χ0n) is 24.2. The summed E-state index contributed by atoms with van der Waals surface area (Å²) in [6.07, 6.45) is 4.24. The molecule has 0 aliphatic heterocycles. The van der Waals surface area contributed by atoms with Crippen molar-refractivity contribution in [2.45, 2.75) is 66.2 Å². The molecule has 0 saturated carbocycles. The number of hydrogen-bond acceptors (Lipinski definition) is 8. The number of carbonyl (C=O) groups excluding carboxylic acids is 6. The Balaban J connectivity index is 0. The summed E-state index contributed by atoms with van der Waals surface area (Å²) in [5.74, 6) is -1.34. The highest BCUT2D eigenvalue weighted by Gasteiger charge is 2.29. The SMILES string of the molecule is CC(=O)[NH][Al]([NH]C(C)=O)[NH]C(=O)CCCCN(C)C.CC(=O)[NH][Al]([NH]C(C)=O)[NH]C(=O)CCCCN(C)C. The van der Waals surface area contributed by atoms with Gasteiger partial charge in [-0.25, -0.2) is 0 Å². The van der Waals surface area contributed by atoms with E-state index >= 15 is 0 Å². The van der Waals surface area contributed by atoms with Gasteiger partial charge in [-0.2, -0.15) is 0 Å². The van der Waals surface area contributed by atoms with E-state index in [1.165, 1.54) is 27.7 Å². The van der Waals surface area contributed by atoms with Gasteiger partial charge in [-0.15, -0.1) is 0 Å². The van der Waals surface area contributed by atoms with Gasteiger partial charge in [-0.1, -0.05) is 0 Å². The lowest BCUT2D eigenvalue weighted by atomic mass is 10.2. The number of hydrogen-bond donors (Lipinski definition) is 6. The number of rotatable bonds is 16. The van der Waals surface area contributed by atoms with E-state index < -0.39 is 29.6 Å². The van der Waals surface area contributed by atoms with Gasteiger partial charge in [0.1, 0.15) is 0 Å². The normalized spacial score (nSPS) is 9.95. The molecule has 14 nitrogen and oxygen atoms in total. The summed E-state index contributed by atoms with van der Waals surface area (Å²) < 4.78 is 15.7. The number of amides is 6. The maximum absolute atomic E-state index is 11.7. The zero-order chi connectivity index (χ0) is 29.7. The van der Waals surface area contributed by atoms with Crippen LogP contribution in [-0.4, -0.2) is 116 Å². The molecule has 0 rings (SSSR count). The highest BCUT2D eigenvalue weighted by Crippen LogP contribution is 1.97. The van der Waals surface area contributed by atoms with Gasteiger partial charge in [-0.05, 0) is 67.0 Å². The second kappa shape index (κ2) is 22.8. The van der Waals surface area contributed by atoms with Crippen LogP contribution >= 0.6 is 0 Å². The molecule has 0 unspecified atom stereocenters.